The van der Waals surface area contributed by atoms with E-state index in [9.17, 15) is 0 Å². The van der Waals surface area contributed by atoms with E-state index >= 15 is 0 Å². The van der Waals surface area contributed by atoms with Crippen LogP contribution >= 0.6 is 0 Å². The fraction of sp³-hybridized carbons (Fsp3) is 0.786. The lowest BCUT2D eigenvalue weighted by Crippen LogP contribution is -2.43. The molecule has 2 atom stereocenters. The van der Waals surface area contributed by atoms with Gasteiger partial charge in [-0.15, -0.1) is 0 Å². The van der Waals surface area contributed by atoms with Crippen LogP contribution in [0.3, 0.4) is 0 Å². The van der Waals surface area contributed by atoms with E-state index in [2.05, 4.69) is 30.5 Å². The van der Waals surface area contributed by atoms with Crippen molar-refractivity contribution in [1.82, 2.24) is 15.1 Å². The molecule has 0 spiro atoms. The first kappa shape index (κ1) is 13.6. The van der Waals surface area contributed by atoms with E-state index in [1.807, 2.05) is 10.9 Å². The third kappa shape index (κ3) is 3.56. The van der Waals surface area contributed by atoms with Crippen LogP contribution in [0.1, 0.15) is 32.3 Å². The number of aromatic nitrogens is 2. The van der Waals surface area contributed by atoms with Crippen molar-refractivity contribution in [3.8, 4) is 0 Å². The topological polar surface area (TPSA) is 39.1 Å². The second-order valence-electron chi connectivity index (χ2n) is 5.09. The Balaban J connectivity index is 1.91. The zero-order valence-corrected chi connectivity index (χ0v) is 11.6. The Morgan fingerprint density at radius 2 is 2.39 bits per heavy atom. The Labute approximate surface area is 110 Å². The summed E-state index contributed by atoms with van der Waals surface area (Å²) >= 11 is 0. The third-order valence-electron chi connectivity index (χ3n) is 3.64. The van der Waals surface area contributed by atoms with Crippen LogP contribution in [-0.2, 0) is 17.7 Å². The van der Waals surface area contributed by atoms with E-state index in [0.29, 0.717) is 12.0 Å². The standard InChI is InChI=1S/C14H25N3O/c1-3-6-15-14-5-7-18-11-13(14)8-12-9-16-17(4-2)10-12/h9-10,13-15H,3-8,11H2,1-2H3. The Morgan fingerprint density at radius 1 is 1.50 bits per heavy atom. The van der Waals surface area contributed by atoms with Crippen LogP contribution in [0.2, 0.25) is 0 Å². The molecule has 0 aliphatic carbocycles. The van der Waals surface area contributed by atoms with Crippen molar-refractivity contribution in [2.75, 3.05) is 19.8 Å². The maximum Gasteiger partial charge on any atom is 0.0521 e. The molecule has 0 amide bonds. The summed E-state index contributed by atoms with van der Waals surface area (Å²) in [5, 5.41) is 8.00. The molecule has 1 aromatic heterocycles. The average molecular weight is 251 g/mol. The Morgan fingerprint density at radius 3 is 3.11 bits per heavy atom. The van der Waals surface area contributed by atoms with Gasteiger partial charge in [0.15, 0.2) is 0 Å². The first-order valence-electron chi connectivity index (χ1n) is 7.16. The number of aryl methyl sites for hydroxylation is 1. The zero-order valence-electron chi connectivity index (χ0n) is 11.6. The Hall–Kier alpha value is -0.870. The van der Waals surface area contributed by atoms with Gasteiger partial charge in [-0.25, -0.2) is 0 Å². The maximum absolute atomic E-state index is 5.63. The second-order valence-corrected chi connectivity index (χ2v) is 5.09. The van der Waals surface area contributed by atoms with Crippen molar-refractivity contribution in [2.24, 2.45) is 5.92 Å². The number of nitrogens with one attached hydrogen (secondary N) is 1. The van der Waals surface area contributed by atoms with Gasteiger partial charge >= 0.3 is 0 Å². The smallest absolute Gasteiger partial charge is 0.0521 e. The fourth-order valence-electron chi connectivity index (χ4n) is 2.58. The highest BCUT2D eigenvalue weighted by atomic mass is 16.5. The van der Waals surface area contributed by atoms with E-state index in [1.165, 1.54) is 12.0 Å². The molecular weight excluding hydrogens is 226 g/mol. The lowest BCUT2D eigenvalue weighted by Gasteiger charge is -2.32. The third-order valence-corrected chi connectivity index (χ3v) is 3.64. The lowest BCUT2D eigenvalue weighted by atomic mass is 9.90. The second kappa shape index (κ2) is 6.90. The molecule has 2 heterocycles. The van der Waals surface area contributed by atoms with E-state index in [1.54, 1.807) is 0 Å². The number of ether oxygens (including phenoxy) is 1. The molecule has 102 valence electrons. The van der Waals surface area contributed by atoms with Crippen molar-refractivity contribution in [2.45, 2.75) is 45.7 Å². The predicted molar refractivity (Wildman–Crippen MR) is 72.6 cm³/mol. The molecule has 0 radical (unpaired) electrons. The van der Waals surface area contributed by atoms with Crippen LogP contribution in [0.15, 0.2) is 12.4 Å². The Bertz CT molecular complexity index is 351. The molecule has 1 aliphatic heterocycles. The summed E-state index contributed by atoms with van der Waals surface area (Å²) in [6.07, 6.45) is 7.55. The minimum Gasteiger partial charge on any atom is -0.381 e. The van der Waals surface area contributed by atoms with Gasteiger partial charge in [0.05, 0.1) is 12.8 Å². The highest BCUT2D eigenvalue weighted by Crippen LogP contribution is 2.19. The number of hydrogen-bond acceptors (Lipinski definition) is 3. The van der Waals surface area contributed by atoms with Crippen LogP contribution in [0.25, 0.3) is 0 Å². The fourth-order valence-corrected chi connectivity index (χ4v) is 2.58. The number of nitrogens with zero attached hydrogens (tertiary/aromatic N) is 2. The minimum absolute atomic E-state index is 0.583. The molecule has 0 aromatic carbocycles. The van der Waals surface area contributed by atoms with Crippen molar-refractivity contribution < 1.29 is 4.74 Å². The summed E-state index contributed by atoms with van der Waals surface area (Å²) in [6, 6.07) is 0.601. The van der Waals surface area contributed by atoms with Crippen LogP contribution < -0.4 is 5.32 Å². The molecule has 1 fully saturated rings. The first-order chi connectivity index (χ1) is 8.83. The summed E-state index contributed by atoms with van der Waals surface area (Å²) in [6.45, 7) is 8.15. The minimum atomic E-state index is 0.583. The van der Waals surface area contributed by atoms with Crippen LogP contribution in [0, 0.1) is 5.92 Å². The van der Waals surface area contributed by atoms with Gasteiger partial charge in [-0.3, -0.25) is 4.68 Å². The molecule has 4 heteroatoms. The SMILES string of the molecule is CCCNC1CCOCC1Cc1cnn(CC)c1. The normalized spacial score (nSPS) is 24.3. The van der Waals surface area contributed by atoms with Crippen molar-refractivity contribution in [3.63, 3.8) is 0 Å². The predicted octanol–water partition coefficient (Wildman–Crippen LogP) is 1.85. The summed E-state index contributed by atoms with van der Waals surface area (Å²) in [5.74, 6) is 0.583. The zero-order chi connectivity index (χ0) is 12.8. The highest BCUT2D eigenvalue weighted by molar-refractivity contribution is 5.06. The van der Waals surface area contributed by atoms with Gasteiger partial charge in [0.2, 0.25) is 0 Å². The van der Waals surface area contributed by atoms with Gasteiger partial charge in [-0.1, -0.05) is 6.92 Å². The van der Waals surface area contributed by atoms with Crippen molar-refractivity contribution >= 4 is 0 Å². The van der Waals surface area contributed by atoms with Crippen LogP contribution in [0.5, 0.6) is 0 Å². The molecule has 1 aliphatic rings. The molecule has 18 heavy (non-hydrogen) atoms. The van der Waals surface area contributed by atoms with Gasteiger partial charge in [0, 0.05) is 31.3 Å². The summed E-state index contributed by atoms with van der Waals surface area (Å²) in [5.41, 5.74) is 1.33. The van der Waals surface area contributed by atoms with Gasteiger partial charge in [0.1, 0.15) is 0 Å². The lowest BCUT2D eigenvalue weighted by molar-refractivity contribution is 0.0322. The quantitative estimate of drug-likeness (QED) is 0.838. The van der Waals surface area contributed by atoms with Crippen molar-refractivity contribution in [1.29, 1.82) is 0 Å². The summed E-state index contributed by atoms with van der Waals surface area (Å²) < 4.78 is 7.62. The average Bonchev–Trinajstić information content (AvgIpc) is 2.85. The van der Waals surface area contributed by atoms with Gasteiger partial charge in [0.25, 0.3) is 0 Å². The molecule has 0 saturated carbocycles. The van der Waals surface area contributed by atoms with E-state index in [4.69, 9.17) is 4.74 Å². The van der Waals surface area contributed by atoms with Gasteiger partial charge in [-0.05, 0) is 38.3 Å². The van der Waals surface area contributed by atoms with E-state index in [-0.39, 0.29) is 0 Å². The highest BCUT2D eigenvalue weighted by Gasteiger charge is 2.25. The largest absolute Gasteiger partial charge is 0.381 e. The molecule has 1 saturated heterocycles. The van der Waals surface area contributed by atoms with Crippen LogP contribution in [0.4, 0.5) is 0 Å². The maximum atomic E-state index is 5.63. The van der Waals surface area contributed by atoms with E-state index < -0.39 is 0 Å². The molecule has 4 nitrogen and oxygen atoms in total. The number of hydrogen-bond donors (Lipinski definition) is 1. The van der Waals surface area contributed by atoms with Crippen LogP contribution in [-0.4, -0.2) is 35.6 Å². The molecule has 2 unspecified atom stereocenters. The molecule has 1 N–H and O–H groups in total. The van der Waals surface area contributed by atoms with Gasteiger partial charge in [-0.2, -0.15) is 5.10 Å². The summed E-state index contributed by atoms with van der Waals surface area (Å²) in [4.78, 5) is 0. The summed E-state index contributed by atoms with van der Waals surface area (Å²) in [7, 11) is 0. The molecule has 2 rings (SSSR count). The number of rotatable bonds is 6. The first-order valence-corrected chi connectivity index (χ1v) is 7.16. The van der Waals surface area contributed by atoms with Gasteiger partial charge < -0.3 is 10.1 Å². The monoisotopic (exact) mass is 251 g/mol. The molecule has 0 bridgehead atoms. The Kier molecular flexibility index (Phi) is 5.20. The molecular formula is C14H25N3O. The van der Waals surface area contributed by atoms with Crippen molar-refractivity contribution in [3.05, 3.63) is 18.0 Å². The molecule has 1 aromatic rings. The van der Waals surface area contributed by atoms with E-state index in [0.717, 1.165) is 39.1 Å².